The number of halogens is 2. The maximum atomic E-state index is 12.2. The van der Waals surface area contributed by atoms with Crippen LogP contribution in [0.4, 0.5) is 5.69 Å². The molecule has 1 aromatic heterocycles. The number of aromatic amines is 1. The van der Waals surface area contributed by atoms with Gasteiger partial charge in [0.1, 0.15) is 0 Å². The summed E-state index contributed by atoms with van der Waals surface area (Å²) in [6.07, 6.45) is 2.12. The van der Waals surface area contributed by atoms with Crippen LogP contribution in [0.15, 0.2) is 48.7 Å². The lowest BCUT2D eigenvalue weighted by Gasteiger charge is -2.07. The molecule has 0 saturated carbocycles. The first kappa shape index (κ1) is 14.0. The van der Waals surface area contributed by atoms with Gasteiger partial charge in [-0.3, -0.25) is 4.79 Å². The third-order valence-electron chi connectivity index (χ3n) is 3.25. The van der Waals surface area contributed by atoms with Crippen molar-refractivity contribution in [1.82, 2.24) is 4.98 Å². The van der Waals surface area contributed by atoms with Gasteiger partial charge in [0.2, 0.25) is 5.91 Å². The molecule has 0 aliphatic heterocycles. The molecule has 3 rings (SSSR count). The molecule has 1 amide bonds. The number of hydrogen-bond donors (Lipinski definition) is 2. The largest absolute Gasteiger partial charge is 0.361 e. The van der Waals surface area contributed by atoms with Crippen LogP contribution in [0.3, 0.4) is 0 Å². The van der Waals surface area contributed by atoms with Crippen molar-refractivity contribution in [2.24, 2.45) is 0 Å². The summed E-state index contributed by atoms with van der Waals surface area (Å²) < 4.78 is 0. The van der Waals surface area contributed by atoms with E-state index in [0.29, 0.717) is 15.7 Å². The second-order valence-electron chi connectivity index (χ2n) is 4.69. The molecule has 0 aliphatic carbocycles. The Morgan fingerprint density at radius 2 is 1.90 bits per heavy atom. The number of H-pyrrole nitrogens is 1. The maximum Gasteiger partial charge on any atom is 0.228 e. The van der Waals surface area contributed by atoms with E-state index in [1.54, 1.807) is 18.2 Å². The predicted octanol–water partition coefficient (Wildman–Crippen LogP) is 4.66. The standard InChI is InChI=1S/C16H12Cl2N2O/c17-12-5-3-7-14(16(12)18)20-15(21)8-10-9-19-13-6-2-1-4-11(10)13/h1-7,9,19H,8H2,(H,20,21). The van der Waals surface area contributed by atoms with Gasteiger partial charge in [-0.25, -0.2) is 0 Å². The highest BCUT2D eigenvalue weighted by atomic mass is 35.5. The van der Waals surface area contributed by atoms with Crippen LogP contribution in [0.1, 0.15) is 5.56 Å². The van der Waals surface area contributed by atoms with E-state index >= 15 is 0 Å². The highest BCUT2D eigenvalue weighted by Gasteiger charge is 2.11. The highest BCUT2D eigenvalue weighted by Crippen LogP contribution is 2.29. The van der Waals surface area contributed by atoms with Gasteiger partial charge in [-0.1, -0.05) is 47.5 Å². The molecule has 21 heavy (non-hydrogen) atoms. The smallest absolute Gasteiger partial charge is 0.228 e. The summed E-state index contributed by atoms with van der Waals surface area (Å²) in [7, 11) is 0. The summed E-state index contributed by atoms with van der Waals surface area (Å²) in [4.78, 5) is 15.3. The normalized spacial score (nSPS) is 10.8. The third-order valence-corrected chi connectivity index (χ3v) is 4.07. The monoisotopic (exact) mass is 318 g/mol. The average molecular weight is 319 g/mol. The van der Waals surface area contributed by atoms with Crippen LogP contribution in [-0.4, -0.2) is 10.9 Å². The molecule has 2 N–H and O–H groups in total. The van der Waals surface area contributed by atoms with Gasteiger partial charge in [-0.05, 0) is 23.8 Å². The van der Waals surface area contributed by atoms with Gasteiger partial charge >= 0.3 is 0 Å². The molecule has 0 atom stereocenters. The summed E-state index contributed by atoms with van der Waals surface area (Å²) in [5.74, 6) is -0.135. The fourth-order valence-corrected chi connectivity index (χ4v) is 2.59. The molecule has 3 nitrogen and oxygen atoms in total. The van der Waals surface area contributed by atoms with Gasteiger partial charge in [-0.2, -0.15) is 0 Å². The Balaban J connectivity index is 1.79. The molecular weight excluding hydrogens is 307 g/mol. The average Bonchev–Trinajstić information content (AvgIpc) is 2.87. The molecule has 0 aliphatic rings. The van der Waals surface area contributed by atoms with Gasteiger partial charge in [0.15, 0.2) is 0 Å². The van der Waals surface area contributed by atoms with Crippen LogP contribution in [0.25, 0.3) is 10.9 Å². The lowest BCUT2D eigenvalue weighted by Crippen LogP contribution is -2.14. The minimum Gasteiger partial charge on any atom is -0.361 e. The number of anilines is 1. The molecule has 1 heterocycles. The Morgan fingerprint density at radius 1 is 1.10 bits per heavy atom. The number of nitrogens with one attached hydrogen (secondary N) is 2. The molecule has 5 heteroatoms. The van der Waals surface area contributed by atoms with Crippen molar-refractivity contribution in [1.29, 1.82) is 0 Å². The number of para-hydroxylation sites is 1. The van der Waals surface area contributed by atoms with E-state index in [1.807, 2.05) is 30.5 Å². The zero-order valence-electron chi connectivity index (χ0n) is 11.0. The van der Waals surface area contributed by atoms with Crippen molar-refractivity contribution in [2.75, 3.05) is 5.32 Å². The minimum absolute atomic E-state index is 0.135. The highest BCUT2D eigenvalue weighted by molar-refractivity contribution is 6.44. The Morgan fingerprint density at radius 3 is 2.76 bits per heavy atom. The maximum absolute atomic E-state index is 12.2. The van der Waals surface area contributed by atoms with Gasteiger partial charge in [0.25, 0.3) is 0 Å². The van der Waals surface area contributed by atoms with E-state index < -0.39 is 0 Å². The number of benzene rings is 2. The van der Waals surface area contributed by atoms with Gasteiger partial charge in [-0.15, -0.1) is 0 Å². The first-order valence-corrected chi connectivity index (χ1v) is 7.19. The summed E-state index contributed by atoms with van der Waals surface area (Å²) >= 11 is 12.0. The van der Waals surface area contributed by atoms with Crippen LogP contribution < -0.4 is 5.32 Å². The van der Waals surface area contributed by atoms with Crippen molar-refractivity contribution in [2.45, 2.75) is 6.42 Å². The van der Waals surface area contributed by atoms with Crippen molar-refractivity contribution in [3.63, 3.8) is 0 Å². The first-order chi connectivity index (χ1) is 10.1. The Hall–Kier alpha value is -1.97. The van der Waals surface area contributed by atoms with Crippen LogP contribution in [0.5, 0.6) is 0 Å². The lowest BCUT2D eigenvalue weighted by molar-refractivity contribution is -0.115. The third kappa shape index (κ3) is 2.89. The number of rotatable bonds is 3. The van der Waals surface area contributed by atoms with Gasteiger partial charge in [0, 0.05) is 17.1 Å². The van der Waals surface area contributed by atoms with E-state index in [1.165, 1.54) is 0 Å². The predicted molar refractivity (Wildman–Crippen MR) is 87.1 cm³/mol. The van der Waals surface area contributed by atoms with Crippen molar-refractivity contribution in [3.8, 4) is 0 Å². The molecule has 0 fully saturated rings. The topological polar surface area (TPSA) is 44.9 Å². The van der Waals surface area contributed by atoms with Gasteiger partial charge in [0.05, 0.1) is 22.2 Å². The number of carbonyl (C=O) groups excluding carboxylic acids is 1. The van der Waals surface area contributed by atoms with Gasteiger partial charge < -0.3 is 10.3 Å². The number of carbonyl (C=O) groups is 1. The molecule has 2 aromatic carbocycles. The fourth-order valence-electron chi connectivity index (χ4n) is 2.25. The summed E-state index contributed by atoms with van der Waals surface area (Å²) in [6, 6.07) is 13.0. The quantitative estimate of drug-likeness (QED) is 0.725. The van der Waals surface area contributed by atoms with Crippen molar-refractivity contribution >= 4 is 45.7 Å². The van der Waals surface area contributed by atoms with Crippen molar-refractivity contribution in [3.05, 3.63) is 64.3 Å². The molecule has 106 valence electrons. The molecule has 3 aromatic rings. The molecular formula is C16H12Cl2N2O. The first-order valence-electron chi connectivity index (χ1n) is 6.44. The number of amides is 1. The fraction of sp³-hybridized carbons (Fsp3) is 0.0625. The van der Waals surface area contributed by atoms with Crippen LogP contribution in [0.2, 0.25) is 10.0 Å². The van der Waals surface area contributed by atoms with Crippen LogP contribution in [-0.2, 0) is 11.2 Å². The summed E-state index contributed by atoms with van der Waals surface area (Å²) in [5, 5.41) is 4.60. The van der Waals surface area contributed by atoms with E-state index in [0.717, 1.165) is 16.5 Å². The second kappa shape index (κ2) is 5.80. The molecule has 0 radical (unpaired) electrons. The van der Waals surface area contributed by atoms with E-state index in [2.05, 4.69) is 10.3 Å². The zero-order valence-corrected chi connectivity index (χ0v) is 12.5. The Bertz CT molecular complexity index is 811. The summed E-state index contributed by atoms with van der Waals surface area (Å²) in [5.41, 5.74) is 2.48. The number of aromatic nitrogens is 1. The molecule has 0 unspecified atom stereocenters. The number of fused-ring (bicyclic) bond motifs is 1. The minimum atomic E-state index is -0.135. The second-order valence-corrected chi connectivity index (χ2v) is 5.47. The number of hydrogen-bond acceptors (Lipinski definition) is 1. The SMILES string of the molecule is O=C(Cc1c[nH]c2ccccc12)Nc1cccc(Cl)c1Cl. The van der Waals surface area contributed by atoms with Crippen LogP contribution in [0, 0.1) is 0 Å². The Labute approximate surface area is 131 Å². The molecule has 0 bridgehead atoms. The van der Waals surface area contributed by atoms with E-state index in [9.17, 15) is 4.79 Å². The molecule has 0 saturated heterocycles. The van der Waals surface area contributed by atoms with Crippen molar-refractivity contribution < 1.29 is 4.79 Å². The van der Waals surface area contributed by atoms with E-state index in [-0.39, 0.29) is 12.3 Å². The summed E-state index contributed by atoms with van der Waals surface area (Å²) in [6.45, 7) is 0. The zero-order chi connectivity index (χ0) is 14.8. The van der Waals surface area contributed by atoms with E-state index in [4.69, 9.17) is 23.2 Å². The lowest BCUT2D eigenvalue weighted by atomic mass is 10.1. The van der Waals surface area contributed by atoms with Crippen LogP contribution >= 0.6 is 23.2 Å². The molecule has 0 spiro atoms. The Kier molecular flexibility index (Phi) is 3.86.